The van der Waals surface area contributed by atoms with Gasteiger partial charge in [0.2, 0.25) is 5.91 Å². The molecule has 0 spiro atoms. The summed E-state index contributed by atoms with van der Waals surface area (Å²) in [6.45, 7) is 7.58. The van der Waals surface area contributed by atoms with Crippen LogP contribution in [-0.2, 0) is 28.9 Å². The second-order valence-corrected chi connectivity index (χ2v) is 11.2. The van der Waals surface area contributed by atoms with E-state index in [0.717, 1.165) is 67.8 Å². The summed E-state index contributed by atoms with van der Waals surface area (Å²) in [7, 11) is 0. The first kappa shape index (κ1) is 32.1. The molecule has 224 valence electrons. The summed E-state index contributed by atoms with van der Waals surface area (Å²) in [4.78, 5) is 43.1. The van der Waals surface area contributed by atoms with E-state index in [1.165, 1.54) is 19.1 Å². The Labute approximate surface area is 239 Å². The number of carboxylic acids is 1. The summed E-state index contributed by atoms with van der Waals surface area (Å²) < 4.78 is 39.8. The van der Waals surface area contributed by atoms with E-state index in [4.69, 9.17) is 0 Å². The van der Waals surface area contributed by atoms with E-state index in [9.17, 15) is 32.7 Å². The van der Waals surface area contributed by atoms with Crippen molar-refractivity contribution in [2.45, 2.75) is 72.1 Å². The topological polar surface area (TPSA) is 81.2 Å². The Kier molecular flexibility index (Phi) is 11.3. The van der Waals surface area contributed by atoms with Gasteiger partial charge in [-0.2, -0.15) is 13.2 Å². The molecule has 0 bridgehead atoms. The van der Waals surface area contributed by atoms with Crippen LogP contribution in [0.25, 0.3) is 0 Å². The number of anilines is 1. The van der Waals surface area contributed by atoms with Gasteiger partial charge in [-0.1, -0.05) is 45.2 Å². The average molecular weight is 576 g/mol. The number of carboxylic acid groups (broad SMARTS) is 1. The molecule has 0 aromatic heterocycles. The molecule has 1 heterocycles. The lowest BCUT2D eigenvalue weighted by molar-refractivity contribution is -0.139. The highest BCUT2D eigenvalue weighted by molar-refractivity contribution is 5.98. The van der Waals surface area contributed by atoms with E-state index in [1.54, 1.807) is 23.1 Å². The largest absolute Gasteiger partial charge is 0.480 e. The SMILES string of the molecule is CC(=O)N1CCCCCCCN(CC(C)C)Cc2cc(C(=O)N(CC(=O)O)Cc3cccc(C(F)(F)F)c3)ccc21. The quantitative estimate of drug-likeness (QED) is 0.425. The van der Waals surface area contributed by atoms with Gasteiger partial charge in [-0.15, -0.1) is 0 Å². The van der Waals surface area contributed by atoms with Gasteiger partial charge in [0, 0.05) is 44.4 Å². The molecule has 0 fully saturated rings. The maximum atomic E-state index is 13.7. The number of halogens is 3. The molecule has 7 nitrogen and oxygen atoms in total. The minimum Gasteiger partial charge on any atom is -0.480 e. The normalized spacial score (nSPS) is 15.5. The number of alkyl halides is 3. The van der Waals surface area contributed by atoms with Gasteiger partial charge >= 0.3 is 12.1 Å². The first-order valence-electron chi connectivity index (χ1n) is 14.2. The van der Waals surface area contributed by atoms with Crippen molar-refractivity contribution < 1.29 is 32.7 Å². The van der Waals surface area contributed by atoms with Crippen LogP contribution in [0.15, 0.2) is 42.5 Å². The van der Waals surface area contributed by atoms with Crippen LogP contribution in [0.3, 0.4) is 0 Å². The third-order valence-corrected chi connectivity index (χ3v) is 7.11. The number of amides is 2. The molecule has 0 saturated carbocycles. The van der Waals surface area contributed by atoms with Crippen LogP contribution in [0.4, 0.5) is 18.9 Å². The van der Waals surface area contributed by atoms with E-state index >= 15 is 0 Å². The molecule has 0 unspecified atom stereocenters. The fraction of sp³-hybridized carbons (Fsp3) is 0.516. The summed E-state index contributed by atoms with van der Waals surface area (Å²) in [5.74, 6) is -1.58. The molecule has 0 atom stereocenters. The number of carbonyl (C=O) groups is 3. The van der Waals surface area contributed by atoms with Crippen molar-refractivity contribution in [1.82, 2.24) is 9.80 Å². The molecular weight excluding hydrogens is 535 g/mol. The van der Waals surface area contributed by atoms with E-state index in [-0.39, 0.29) is 23.6 Å². The minimum atomic E-state index is -4.56. The molecule has 0 saturated heterocycles. The first-order valence-corrected chi connectivity index (χ1v) is 14.2. The number of benzene rings is 2. The maximum Gasteiger partial charge on any atom is 0.416 e. The van der Waals surface area contributed by atoms with Crippen LogP contribution in [0.5, 0.6) is 0 Å². The molecule has 2 amide bonds. The first-order chi connectivity index (χ1) is 19.3. The van der Waals surface area contributed by atoms with E-state index in [2.05, 4.69) is 18.7 Å². The third-order valence-electron chi connectivity index (χ3n) is 7.11. The van der Waals surface area contributed by atoms with Gasteiger partial charge in [0.05, 0.1) is 5.56 Å². The number of carbonyl (C=O) groups excluding carboxylic acids is 2. The fourth-order valence-electron chi connectivity index (χ4n) is 5.30. The van der Waals surface area contributed by atoms with Crippen LogP contribution in [0.1, 0.15) is 79.9 Å². The number of hydrogen-bond acceptors (Lipinski definition) is 4. The molecule has 2 aromatic rings. The highest BCUT2D eigenvalue weighted by atomic mass is 19.4. The Morgan fingerprint density at radius 1 is 0.976 bits per heavy atom. The van der Waals surface area contributed by atoms with Crippen molar-refractivity contribution in [3.05, 3.63) is 64.7 Å². The van der Waals surface area contributed by atoms with Gasteiger partial charge in [-0.25, -0.2) is 0 Å². The average Bonchev–Trinajstić information content (AvgIpc) is 2.87. The molecule has 0 radical (unpaired) electrons. The maximum absolute atomic E-state index is 13.7. The van der Waals surface area contributed by atoms with Crippen LogP contribution < -0.4 is 4.90 Å². The Bertz CT molecular complexity index is 1220. The highest BCUT2D eigenvalue weighted by Gasteiger charge is 2.31. The highest BCUT2D eigenvalue weighted by Crippen LogP contribution is 2.30. The molecule has 1 aliphatic heterocycles. The standard InChI is InChI=1S/C31H40F3N3O4/c1-22(2)18-35-14-7-5-4-6-8-15-37(23(3)38)28-13-12-25(17-26(28)20-35)30(41)36(21-29(39)40)19-24-10-9-11-27(16-24)31(32,33)34/h9-13,16-17,22H,4-8,14-15,18-21H2,1-3H3,(H,39,40). The summed E-state index contributed by atoms with van der Waals surface area (Å²) >= 11 is 0. The lowest BCUT2D eigenvalue weighted by Crippen LogP contribution is -2.36. The number of nitrogens with zero attached hydrogens (tertiary/aromatic N) is 3. The molecule has 2 aromatic carbocycles. The Morgan fingerprint density at radius 2 is 1.66 bits per heavy atom. The predicted octanol–water partition coefficient (Wildman–Crippen LogP) is 6.21. The molecule has 41 heavy (non-hydrogen) atoms. The van der Waals surface area contributed by atoms with E-state index in [0.29, 0.717) is 24.7 Å². The molecule has 1 aliphatic rings. The summed E-state index contributed by atoms with van der Waals surface area (Å²) in [6, 6.07) is 9.53. The fourth-order valence-corrected chi connectivity index (χ4v) is 5.30. The van der Waals surface area contributed by atoms with E-state index < -0.39 is 30.2 Å². The Morgan fingerprint density at radius 3 is 2.29 bits per heavy atom. The zero-order valence-corrected chi connectivity index (χ0v) is 24.0. The lowest BCUT2D eigenvalue weighted by atomic mass is 10.0. The zero-order chi connectivity index (χ0) is 30.2. The molecular formula is C31H40F3N3O4. The smallest absolute Gasteiger partial charge is 0.416 e. The van der Waals surface area contributed by atoms with Crippen LogP contribution in [0.2, 0.25) is 0 Å². The summed E-state index contributed by atoms with van der Waals surface area (Å²) in [6.07, 6.45) is 0.554. The van der Waals surface area contributed by atoms with Crippen molar-refractivity contribution in [1.29, 1.82) is 0 Å². The molecule has 3 rings (SSSR count). The van der Waals surface area contributed by atoms with Crippen LogP contribution in [-0.4, -0.2) is 58.9 Å². The van der Waals surface area contributed by atoms with Gasteiger partial charge in [-0.05, 0) is 66.8 Å². The zero-order valence-electron chi connectivity index (χ0n) is 24.0. The van der Waals surface area contributed by atoms with Crippen molar-refractivity contribution >= 4 is 23.5 Å². The predicted molar refractivity (Wildman–Crippen MR) is 151 cm³/mol. The lowest BCUT2D eigenvalue weighted by Gasteiger charge is -2.30. The number of hydrogen-bond donors (Lipinski definition) is 1. The van der Waals surface area contributed by atoms with Gasteiger partial charge in [0.1, 0.15) is 6.54 Å². The Balaban J connectivity index is 2.01. The van der Waals surface area contributed by atoms with E-state index in [1.807, 2.05) is 0 Å². The molecule has 0 aliphatic carbocycles. The van der Waals surface area contributed by atoms with Crippen molar-refractivity contribution in [2.75, 3.05) is 31.1 Å². The molecule has 1 N–H and O–H groups in total. The van der Waals surface area contributed by atoms with Gasteiger partial charge in [-0.3, -0.25) is 19.3 Å². The van der Waals surface area contributed by atoms with Gasteiger partial charge in [0.25, 0.3) is 5.91 Å². The summed E-state index contributed by atoms with van der Waals surface area (Å²) in [5.41, 5.74) is 1.02. The molecule has 10 heteroatoms. The number of fused-ring (bicyclic) bond motifs is 1. The van der Waals surface area contributed by atoms with Crippen LogP contribution >= 0.6 is 0 Å². The van der Waals surface area contributed by atoms with Crippen molar-refractivity contribution in [2.24, 2.45) is 5.92 Å². The van der Waals surface area contributed by atoms with Crippen molar-refractivity contribution in [3.63, 3.8) is 0 Å². The second kappa shape index (κ2) is 14.5. The minimum absolute atomic E-state index is 0.102. The number of rotatable bonds is 7. The monoisotopic (exact) mass is 575 g/mol. The Hall–Kier alpha value is -3.40. The van der Waals surface area contributed by atoms with Crippen LogP contribution in [0, 0.1) is 5.92 Å². The van der Waals surface area contributed by atoms with Gasteiger partial charge in [0.15, 0.2) is 0 Å². The van der Waals surface area contributed by atoms with Gasteiger partial charge < -0.3 is 14.9 Å². The number of aliphatic carboxylic acids is 1. The summed E-state index contributed by atoms with van der Waals surface area (Å²) in [5, 5.41) is 9.50. The second-order valence-electron chi connectivity index (χ2n) is 11.2. The third kappa shape index (κ3) is 9.59. The van der Waals surface area contributed by atoms with Crippen molar-refractivity contribution in [3.8, 4) is 0 Å².